The van der Waals surface area contributed by atoms with E-state index in [-0.39, 0.29) is 0 Å². The number of hydrogen-bond acceptors (Lipinski definition) is 0. The summed E-state index contributed by atoms with van der Waals surface area (Å²) in [4.78, 5) is 0. The second-order valence-corrected chi connectivity index (χ2v) is 9.50. The molecule has 0 aliphatic heterocycles. The molecule has 0 aliphatic rings. The molecule has 6 rings (SSSR count). The molecule has 2 nitrogen and oxygen atoms in total. The van der Waals surface area contributed by atoms with E-state index in [1.54, 1.807) is 0 Å². The molecule has 4 aromatic carbocycles. The number of nitrogens with zero attached hydrogens (tertiary/aromatic N) is 2. The topological polar surface area (TPSA) is 9.86 Å². The molecule has 2 aromatic heterocycles. The largest absolute Gasteiger partial charge is 0.310 e. The first-order chi connectivity index (χ1) is 19.2. The summed E-state index contributed by atoms with van der Waals surface area (Å²) in [5.74, 6) is 0. The zero-order valence-electron chi connectivity index (χ0n) is 22.1. The fraction of sp³-hybridized carbons (Fsp3) is 0.0270. The maximum Gasteiger partial charge on any atom is 0.0541 e. The van der Waals surface area contributed by atoms with Gasteiger partial charge in [-0.25, -0.2) is 0 Å². The van der Waals surface area contributed by atoms with Crippen LogP contribution in [-0.4, -0.2) is 9.13 Å². The Balaban J connectivity index is 1.55. The van der Waals surface area contributed by atoms with Crippen molar-refractivity contribution in [2.45, 2.75) is 6.92 Å². The number of para-hydroxylation sites is 2. The van der Waals surface area contributed by atoms with Crippen LogP contribution in [0.3, 0.4) is 0 Å². The van der Waals surface area contributed by atoms with Gasteiger partial charge in [-0.05, 0) is 60.5 Å². The maximum atomic E-state index is 4.12. The highest BCUT2D eigenvalue weighted by Crippen LogP contribution is 2.33. The highest BCUT2D eigenvalue weighted by Gasteiger charge is 2.14. The third kappa shape index (κ3) is 3.89. The second-order valence-electron chi connectivity index (χ2n) is 9.50. The van der Waals surface area contributed by atoms with Crippen LogP contribution in [0.25, 0.3) is 68.6 Å². The first-order valence-corrected chi connectivity index (χ1v) is 13.2. The molecule has 0 amide bonds. The Morgan fingerprint density at radius 3 is 1.69 bits per heavy atom. The molecule has 0 aliphatic carbocycles. The summed E-state index contributed by atoms with van der Waals surface area (Å²) in [6, 6.07) is 34.7. The standard InChI is InChI=1S/C37H30N2/c1-5-15-31-30(6-2)34(7-3)38(35(31)8-4)28-18-13-16-26(24-28)27-17-14-19-29(25-27)39-36-22-11-9-20-32(36)33-21-10-12-23-37(33)39/h5-25H,1-3H2,4H3/b31-15-,35-8+. The molecule has 0 saturated carbocycles. The van der Waals surface area contributed by atoms with E-state index in [0.717, 1.165) is 44.3 Å². The minimum Gasteiger partial charge on any atom is -0.310 e. The van der Waals surface area contributed by atoms with Gasteiger partial charge in [0.2, 0.25) is 0 Å². The predicted octanol–water partition coefficient (Wildman–Crippen LogP) is 8.29. The molecule has 0 radical (unpaired) electrons. The van der Waals surface area contributed by atoms with Gasteiger partial charge in [-0.2, -0.15) is 0 Å². The molecule has 39 heavy (non-hydrogen) atoms. The first-order valence-electron chi connectivity index (χ1n) is 13.2. The Labute approximate surface area is 229 Å². The number of rotatable bonds is 6. The highest BCUT2D eigenvalue weighted by atomic mass is 15.0. The van der Waals surface area contributed by atoms with Crippen molar-refractivity contribution in [2.24, 2.45) is 0 Å². The van der Waals surface area contributed by atoms with Crippen molar-refractivity contribution in [3.63, 3.8) is 0 Å². The van der Waals surface area contributed by atoms with E-state index < -0.39 is 0 Å². The van der Waals surface area contributed by atoms with Crippen LogP contribution in [0.2, 0.25) is 0 Å². The monoisotopic (exact) mass is 502 g/mol. The van der Waals surface area contributed by atoms with E-state index in [9.17, 15) is 0 Å². The van der Waals surface area contributed by atoms with Crippen molar-refractivity contribution in [1.82, 2.24) is 9.13 Å². The van der Waals surface area contributed by atoms with Gasteiger partial charge >= 0.3 is 0 Å². The van der Waals surface area contributed by atoms with Crippen molar-refractivity contribution < 1.29 is 0 Å². The lowest BCUT2D eigenvalue weighted by atomic mass is 10.0. The smallest absolute Gasteiger partial charge is 0.0541 e. The third-order valence-electron chi connectivity index (χ3n) is 7.40. The molecule has 0 fully saturated rings. The van der Waals surface area contributed by atoms with Crippen molar-refractivity contribution in [1.29, 1.82) is 0 Å². The van der Waals surface area contributed by atoms with Crippen molar-refractivity contribution in [3.05, 3.63) is 145 Å². The number of allylic oxidation sites excluding steroid dienone is 1. The Morgan fingerprint density at radius 1 is 0.615 bits per heavy atom. The van der Waals surface area contributed by atoms with Gasteiger partial charge in [-0.1, -0.05) is 105 Å². The summed E-state index contributed by atoms with van der Waals surface area (Å²) in [6.45, 7) is 14.2. The molecular weight excluding hydrogens is 472 g/mol. The van der Waals surface area contributed by atoms with Gasteiger partial charge in [-0.15, -0.1) is 0 Å². The molecule has 0 spiro atoms. The van der Waals surface area contributed by atoms with Crippen molar-refractivity contribution in [2.75, 3.05) is 0 Å². The molecular formula is C37H30N2. The van der Waals surface area contributed by atoms with E-state index >= 15 is 0 Å². The average molecular weight is 503 g/mol. The van der Waals surface area contributed by atoms with Crippen LogP contribution in [0.5, 0.6) is 0 Å². The van der Waals surface area contributed by atoms with E-state index in [2.05, 4.69) is 139 Å². The minimum atomic E-state index is 1.02. The van der Waals surface area contributed by atoms with Gasteiger partial charge in [-0.3, -0.25) is 0 Å². The van der Waals surface area contributed by atoms with E-state index in [0.29, 0.717) is 0 Å². The van der Waals surface area contributed by atoms with Gasteiger partial charge in [0.05, 0.1) is 16.7 Å². The second kappa shape index (κ2) is 10.00. The predicted molar refractivity (Wildman–Crippen MR) is 170 cm³/mol. The van der Waals surface area contributed by atoms with Crippen molar-refractivity contribution in [3.8, 4) is 22.5 Å². The zero-order valence-corrected chi connectivity index (χ0v) is 22.1. The molecule has 0 atom stereocenters. The average Bonchev–Trinajstić information content (AvgIpc) is 3.49. The van der Waals surface area contributed by atoms with Crippen LogP contribution in [0, 0.1) is 0 Å². The van der Waals surface area contributed by atoms with Gasteiger partial charge in [0.1, 0.15) is 0 Å². The van der Waals surface area contributed by atoms with Crippen LogP contribution in [0.1, 0.15) is 18.2 Å². The number of benzene rings is 4. The molecule has 0 N–H and O–H groups in total. The fourth-order valence-corrected chi connectivity index (χ4v) is 5.77. The molecule has 2 heteroatoms. The van der Waals surface area contributed by atoms with Crippen LogP contribution in [0.4, 0.5) is 0 Å². The maximum absolute atomic E-state index is 4.12. The van der Waals surface area contributed by atoms with Gasteiger partial charge in [0, 0.05) is 38.3 Å². The SMILES string of the molecule is C=C/C=c1/c(C=C)c(C=C)n(-c2cccc(-c3cccc(-n4c5ccccc5c5ccccc54)c3)c2)/c1=C/C. The summed E-state index contributed by atoms with van der Waals surface area (Å²) in [7, 11) is 0. The Morgan fingerprint density at radius 2 is 1.18 bits per heavy atom. The minimum absolute atomic E-state index is 1.02. The summed E-state index contributed by atoms with van der Waals surface area (Å²) in [6.07, 6.45) is 9.79. The van der Waals surface area contributed by atoms with Crippen LogP contribution >= 0.6 is 0 Å². The molecule has 6 aromatic rings. The normalized spacial score (nSPS) is 12.3. The van der Waals surface area contributed by atoms with Crippen molar-refractivity contribution >= 4 is 46.1 Å². The lowest BCUT2D eigenvalue weighted by Gasteiger charge is -2.13. The summed E-state index contributed by atoms with van der Waals surface area (Å²) >= 11 is 0. The number of fused-ring (bicyclic) bond motifs is 3. The highest BCUT2D eigenvalue weighted by molar-refractivity contribution is 6.09. The number of aromatic nitrogens is 2. The van der Waals surface area contributed by atoms with Crippen LogP contribution < -0.4 is 10.6 Å². The first kappa shape index (κ1) is 24.3. The van der Waals surface area contributed by atoms with E-state index in [1.807, 2.05) is 24.3 Å². The summed E-state index contributed by atoms with van der Waals surface area (Å²) < 4.78 is 4.61. The molecule has 0 saturated heterocycles. The van der Waals surface area contributed by atoms with Crippen LogP contribution in [-0.2, 0) is 0 Å². The van der Waals surface area contributed by atoms with E-state index in [1.165, 1.54) is 21.8 Å². The Kier molecular flexibility index (Phi) is 6.22. The van der Waals surface area contributed by atoms with E-state index in [4.69, 9.17) is 0 Å². The molecule has 2 heterocycles. The fourth-order valence-electron chi connectivity index (χ4n) is 5.77. The number of hydrogen-bond donors (Lipinski definition) is 0. The molecule has 0 bridgehead atoms. The molecule has 188 valence electrons. The Hall–Kier alpha value is -5.08. The quantitative estimate of drug-likeness (QED) is 0.217. The third-order valence-corrected chi connectivity index (χ3v) is 7.40. The van der Waals surface area contributed by atoms with Crippen LogP contribution in [0.15, 0.2) is 123 Å². The lowest BCUT2D eigenvalue weighted by molar-refractivity contribution is 1.01. The van der Waals surface area contributed by atoms with Gasteiger partial charge in [0.15, 0.2) is 0 Å². The molecule has 0 unspecified atom stereocenters. The summed E-state index contributed by atoms with van der Waals surface area (Å²) in [5, 5.41) is 4.71. The van der Waals surface area contributed by atoms with Gasteiger partial charge in [0.25, 0.3) is 0 Å². The Bertz CT molecular complexity index is 1970. The zero-order chi connectivity index (χ0) is 26.9. The van der Waals surface area contributed by atoms with Gasteiger partial charge < -0.3 is 9.13 Å². The lowest BCUT2D eigenvalue weighted by Crippen LogP contribution is -2.28. The summed E-state index contributed by atoms with van der Waals surface area (Å²) in [5.41, 5.74) is 9.01.